The fourth-order valence-corrected chi connectivity index (χ4v) is 3.07. The maximum Gasteiger partial charge on any atom is 0.433 e. The fourth-order valence-electron chi connectivity index (χ4n) is 3.07. The van der Waals surface area contributed by atoms with Gasteiger partial charge < -0.3 is 14.6 Å². The van der Waals surface area contributed by atoms with E-state index in [4.69, 9.17) is 4.42 Å². The van der Waals surface area contributed by atoms with E-state index in [2.05, 4.69) is 5.32 Å². The zero-order chi connectivity index (χ0) is 16.4. The topological polar surface area (TPSA) is 106 Å². The summed E-state index contributed by atoms with van der Waals surface area (Å²) >= 11 is 0. The predicted octanol–water partition coefficient (Wildman–Crippen LogP) is 1.71. The van der Waals surface area contributed by atoms with Crippen LogP contribution < -0.4 is 5.32 Å². The Balaban J connectivity index is 1.48. The molecule has 2 heterocycles. The van der Waals surface area contributed by atoms with Crippen molar-refractivity contribution in [2.75, 3.05) is 13.1 Å². The molecule has 8 nitrogen and oxygen atoms in total. The molecule has 23 heavy (non-hydrogen) atoms. The largest absolute Gasteiger partial charge is 0.433 e. The Morgan fingerprint density at radius 2 is 1.91 bits per heavy atom. The first-order chi connectivity index (χ1) is 11.0. The molecule has 0 unspecified atom stereocenters. The van der Waals surface area contributed by atoms with Crippen molar-refractivity contribution in [3.8, 4) is 0 Å². The third kappa shape index (κ3) is 3.35. The second kappa shape index (κ2) is 6.39. The standard InChI is InChI=1S/C15H19N3O5/c19-14(16-11-4-2-1-3-5-11)10-8-17(9-10)15(20)12-6-7-13(23-12)18(21)22/h6-7,10-11H,1-5,8-9H2,(H,16,19). The van der Waals surface area contributed by atoms with Crippen molar-refractivity contribution in [1.29, 1.82) is 0 Å². The number of rotatable bonds is 4. The normalized spacial score (nSPS) is 19.2. The number of hydrogen-bond acceptors (Lipinski definition) is 5. The van der Waals surface area contributed by atoms with Crippen molar-refractivity contribution in [3.63, 3.8) is 0 Å². The van der Waals surface area contributed by atoms with Crippen LogP contribution in [-0.2, 0) is 4.79 Å². The third-order valence-corrected chi connectivity index (χ3v) is 4.47. The Bertz CT molecular complexity index is 614. The van der Waals surface area contributed by atoms with E-state index < -0.39 is 16.7 Å². The molecule has 2 fully saturated rings. The van der Waals surface area contributed by atoms with E-state index in [9.17, 15) is 19.7 Å². The Hall–Kier alpha value is -2.38. The minimum atomic E-state index is -0.687. The van der Waals surface area contributed by atoms with Crippen LogP contribution in [0.4, 0.5) is 5.88 Å². The molecule has 1 aliphatic heterocycles. The summed E-state index contributed by atoms with van der Waals surface area (Å²) in [6.45, 7) is 0.651. The third-order valence-electron chi connectivity index (χ3n) is 4.47. The van der Waals surface area contributed by atoms with Crippen molar-refractivity contribution in [1.82, 2.24) is 10.2 Å². The summed E-state index contributed by atoms with van der Waals surface area (Å²) in [5, 5.41) is 13.6. The van der Waals surface area contributed by atoms with Gasteiger partial charge in [0.15, 0.2) is 5.76 Å². The molecule has 1 aromatic rings. The quantitative estimate of drug-likeness (QED) is 0.671. The lowest BCUT2D eigenvalue weighted by atomic mass is 9.93. The average molecular weight is 321 g/mol. The van der Waals surface area contributed by atoms with Crippen molar-refractivity contribution >= 4 is 17.7 Å². The van der Waals surface area contributed by atoms with Crippen LogP contribution in [0.2, 0.25) is 0 Å². The number of likely N-dealkylation sites (tertiary alicyclic amines) is 1. The van der Waals surface area contributed by atoms with Crippen molar-refractivity contribution in [2.45, 2.75) is 38.1 Å². The number of hydrogen-bond donors (Lipinski definition) is 1. The van der Waals surface area contributed by atoms with E-state index >= 15 is 0 Å². The van der Waals surface area contributed by atoms with Gasteiger partial charge in [-0.25, -0.2) is 0 Å². The molecule has 2 amide bonds. The maximum atomic E-state index is 12.1. The molecule has 1 aromatic heterocycles. The lowest BCUT2D eigenvalue weighted by Crippen LogP contribution is -2.57. The Morgan fingerprint density at radius 1 is 1.22 bits per heavy atom. The summed E-state index contributed by atoms with van der Waals surface area (Å²) in [5.74, 6) is -1.15. The van der Waals surface area contributed by atoms with Gasteiger partial charge in [-0.05, 0) is 18.9 Å². The Morgan fingerprint density at radius 3 is 2.52 bits per heavy atom. The smallest absolute Gasteiger partial charge is 0.395 e. The van der Waals surface area contributed by atoms with Crippen molar-refractivity contribution in [3.05, 3.63) is 28.0 Å². The summed E-state index contributed by atoms with van der Waals surface area (Å²) < 4.78 is 4.89. The molecule has 1 aliphatic carbocycles. The highest BCUT2D eigenvalue weighted by Gasteiger charge is 2.38. The van der Waals surface area contributed by atoms with Crippen LogP contribution in [0.1, 0.15) is 42.7 Å². The summed E-state index contributed by atoms with van der Waals surface area (Å²) in [5.41, 5.74) is 0. The monoisotopic (exact) mass is 321 g/mol. The number of nitro groups is 1. The molecule has 1 saturated carbocycles. The van der Waals surface area contributed by atoms with Gasteiger partial charge in [-0.1, -0.05) is 19.3 Å². The van der Waals surface area contributed by atoms with Gasteiger partial charge in [-0.15, -0.1) is 0 Å². The lowest BCUT2D eigenvalue weighted by molar-refractivity contribution is -0.402. The SMILES string of the molecule is O=C(NC1CCCCC1)C1CN(C(=O)c2ccc([N+](=O)[O-])o2)C1. The van der Waals surface area contributed by atoms with E-state index in [-0.39, 0.29) is 23.6 Å². The van der Waals surface area contributed by atoms with E-state index in [1.165, 1.54) is 17.4 Å². The van der Waals surface area contributed by atoms with Gasteiger partial charge in [0, 0.05) is 19.1 Å². The summed E-state index contributed by atoms with van der Waals surface area (Å²) in [4.78, 5) is 35.6. The first-order valence-corrected chi connectivity index (χ1v) is 7.88. The summed E-state index contributed by atoms with van der Waals surface area (Å²) in [7, 11) is 0. The number of carbonyl (C=O) groups excluding carboxylic acids is 2. The average Bonchev–Trinajstić information content (AvgIpc) is 2.96. The van der Waals surface area contributed by atoms with E-state index in [0.717, 1.165) is 31.7 Å². The highest BCUT2D eigenvalue weighted by molar-refractivity contribution is 5.94. The molecule has 0 aromatic carbocycles. The van der Waals surface area contributed by atoms with E-state index in [1.807, 2.05) is 0 Å². The highest BCUT2D eigenvalue weighted by Crippen LogP contribution is 2.23. The van der Waals surface area contributed by atoms with Crippen molar-refractivity contribution in [2.24, 2.45) is 5.92 Å². The van der Waals surface area contributed by atoms with Crippen LogP contribution in [0, 0.1) is 16.0 Å². The number of furan rings is 1. The molecular weight excluding hydrogens is 302 g/mol. The molecule has 8 heteroatoms. The van der Waals surface area contributed by atoms with E-state index in [1.54, 1.807) is 0 Å². The molecule has 0 spiro atoms. The second-order valence-electron chi connectivity index (χ2n) is 6.15. The fraction of sp³-hybridized carbons (Fsp3) is 0.600. The van der Waals surface area contributed by atoms with Crippen LogP contribution in [-0.4, -0.2) is 40.8 Å². The van der Waals surface area contributed by atoms with Crippen molar-refractivity contribution < 1.29 is 18.9 Å². The molecular formula is C15H19N3O5. The van der Waals surface area contributed by atoms with Gasteiger partial charge in [-0.2, -0.15) is 0 Å². The highest BCUT2D eigenvalue weighted by atomic mass is 16.6. The van der Waals surface area contributed by atoms with Crippen LogP contribution >= 0.6 is 0 Å². The zero-order valence-corrected chi connectivity index (χ0v) is 12.7. The summed E-state index contributed by atoms with van der Waals surface area (Å²) in [6.07, 6.45) is 5.58. The minimum absolute atomic E-state index is 0.00799. The van der Waals surface area contributed by atoms with Crippen LogP contribution in [0.5, 0.6) is 0 Å². The lowest BCUT2D eigenvalue weighted by Gasteiger charge is -2.38. The van der Waals surface area contributed by atoms with Gasteiger partial charge in [0.25, 0.3) is 5.91 Å². The first kappa shape index (κ1) is 15.5. The number of nitrogens with zero attached hydrogens (tertiary/aromatic N) is 2. The molecule has 1 saturated heterocycles. The Kier molecular flexibility index (Phi) is 4.31. The molecule has 0 atom stereocenters. The van der Waals surface area contributed by atoms with Gasteiger partial charge in [-0.3, -0.25) is 19.7 Å². The molecule has 2 aliphatic rings. The number of carbonyl (C=O) groups is 2. The van der Waals surface area contributed by atoms with Crippen LogP contribution in [0.25, 0.3) is 0 Å². The first-order valence-electron chi connectivity index (χ1n) is 7.88. The second-order valence-corrected chi connectivity index (χ2v) is 6.15. The molecule has 0 bridgehead atoms. The van der Waals surface area contributed by atoms with Gasteiger partial charge in [0.05, 0.1) is 12.0 Å². The molecule has 124 valence electrons. The Labute approximate surface area is 133 Å². The maximum absolute atomic E-state index is 12.1. The van der Waals surface area contributed by atoms with Gasteiger partial charge >= 0.3 is 5.88 Å². The molecule has 0 radical (unpaired) electrons. The number of nitrogens with one attached hydrogen (secondary N) is 1. The molecule has 1 N–H and O–H groups in total. The molecule has 3 rings (SSSR count). The minimum Gasteiger partial charge on any atom is -0.395 e. The van der Waals surface area contributed by atoms with Crippen LogP contribution in [0.15, 0.2) is 16.5 Å². The predicted molar refractivity (Wildman–Crippen MR) is 79.8 cm³/mol. The summed E-state index contributed by atoms with van der Waals surface area (Å²) in [6, 6.07) is 2.70. The van der Waals surface area contributed by atoms with E-state index in [0.29, 0.717) is 13.1 Å². The zero-order valence-electron chi connectivity index (χ0n) is 12.7. The van der Waals surface area contributed by atoms with Gasteiger partial charge in [0.1, 0.15) is 4.92 Å². The van der Waals surface area contributed by atoms with Gasteiger partial charge in [0.2, 0.25) is 5.91 Å². The number of amides is 2. The van der Waals surface area contributed by atoms with Crippen LogP contribution in [0.3, 0.4) is 0 Å².